The fraction of sp³-hybridized carbons (Fsp3) is 1.00. The molecule has 0 aliphatic carbocycles. The molecule has 0 aromatic heterocycles. The molecular weight excluding hydrogens is 166 g/mol. The first-order valence-corrected chi connectivity index (χ1v) is 4.12. The van der Waals surface area contributed by atoms with E-state index in [-0.39, 0.29) is 0 Å². The first-order chi connectivity index (χ1) is 3.98. The Hall–Kier alpha value is 0.400. The molecule has 2 unspecified atom stereocenters. The molecule has 9 heavy (non-hydrogen) atoms. The van der Waals surface area contributed by atoms with Crippen LogP contribution in [0.15, 0.2) is 0 Å². The summed E-state index contributed by atoms with van der Waals surface area (Å²) < 4.78 is 18.7. The van der Waals surface area contributed by atoms with Crippen LogP contribution >= 0.6 is 19.4 Å². The van der Waals surface area contributed by atoms with Crippen molar-refractivity contribution in [3.8, 4) is 0 Å². The van der Waals surface area contributed by atoms with Crippen molar-refractivity contribution >= 4 is 19.4 Å². The van der Waals surface area contributed by atoms with Gasteiger partial charge in [0.1, 0.15) is 5.56 Å². The van der Waals surface area contributed by atoms with Crippen molar-refractivity contribution in [3.05, 3.63) is 0 Å². The molecule has 0 aliphatic rings. The maximum absolute atomic E-state index is 10.4. The largest absolute Gasteiger partial charge is 0.473 e. The molecule has 0 spiro atoms. The van der Waals surface area contributed by atoms with Gasteiger partial charge in [0, 0.05) is 7.11 Å². The van der Waals surface area contributed by atoms with Gasteiger partial charge in [-0.05, 0) is 6.92 Å². The molecule has 0 saturated carbocycles. The molecule has 0 fully saturated rings. The van der Waals surface area contributed by atoms with Crippen LogP contribution in [0.5, 0.6) is 0 Å². The Morgan fingerprint density at radius 3 is 2.33 bits per heavy atom. The maximum atomic E-state index is 10.4. The maximum Gasteiger partial charge on any atom is 0.473 e. The second-order valence-electron chi connectivity index (χ2n) is 1.30. The van der Waals surface area contributed by atoms with Gasteiger partial charge in [-0.25, -0.2) is 4.57 Å². The van der Waals surface area contributed by atoms with Crippen LogP contribution in [0.4, 0.5) is 0 Å². The SMILES string of the molecule is COP(=O)(O)OC(C)Cl. The number of alkyl halides is 1. The van der Waals surface area contributed by atoms with Crippen LogP contribution in [-0.2, 0) is 13.6 Å². The van der Waals surface area contributed by atoms with E-state index in [1.54, 1.807) is 0 Å². The van der Waals surface area contributed by atoms with Crippen LogP contribution in [0.2, 0.25) is 0 Å². The lowest BCUT2D eigenvalue weighted by molar-refractivity contribution is 0.165. The molecule has 0 rings (SSSR count). The van der Waals surface area contributed by atoms with Crippen LogP contribution in [-0.4, -0.2) is 17.6 Å². The van der Waals surface area contributed by atoms with Crippen LogP contribution in [0.3, 0.4) is 0 Å². The first-order valence-electron chi connectivity index (χ1n) is 2.19. The highest BCUT2D eigenvalue weighted by molar-refractivity contribution is 7.47. The normalized spacial score (nSPS) is 20.9. The van der Waals surface area contributed by atoms with Gasteiger partial charge in [0.15, 0.2) is 0 Å². The van der Waals surface area contributed by atoms with Gasteiger partial charge in [-0.3, -0.25) is 9.05 Å². The molecule has 0 aromatic carbocycles. The first kappa shape index (κ1) is 9.40. The minimum absolute atomic E-state index is 0.819. The molecule has 0 aromatic rings. The molecule has 0 radical (unpaired) electrons. The standard InChI is InChI=1S/C3H8ClO4P/c1-3(4)8-9(5,6)7-2/h3H,1-2H3,(H,5,6). The summed E-state index contributed by atoms with van der Waals surface area (Å²) in [5, 5.41) is 0. The van der Waals surface area contributed by atoms with Crippen LogP contribution < -0.4 is 0 Å². The van der Waals surface area contributed by atoms with Crippen LogP contribution in [0.25, 0.3) is 0 Å². The summed E-state index contributed by atoms with van der Waals surface area (Å²) >= 11 is 5.21. The molecule has 4 nitrogen and oxygen atoms in total. The smallest absolute Gasteiger partial charge is 0.302 e. The molecule has 0 saturated heterocycles. The zero-order valence-corrected chi connectivity index (χ0v) is 6.72. The third kappa shape index (κ3) is 4.88. The highest BCUT2D eigenvalue weighted by Crippen LogP contribution is 2.43. The summed E-state index contributed by atoms with van der Waals surface area (Å²) in [5.74, 6) is 0. The summed E-state index contributed by atoms with van der Waals surface area (Å²) in [7, 11) is -2.79. The van der Waals surface area contributed by atoms with Crippen LogP contribution in [0.1, 0.15) is 6.92 Å². The van der Waals surface area contributed by atoms with E-state index in [1.807, 2.05) is 0 Å². The number of rotatable bonds is 3. The van der Waals surface area contributed by atoms with Gasteiger partial charge in [0.25, 0.3) is 0 Å². The highest BCUT2D eigenvalue weighted by atomic mass is 35.5. The Bertz CT molecular complexity index is 125. The van der Waals surface area contributed by atoms with E-state index in [0.717, 1.165) is 7.11 Å². The van der Waals surface area contributed by atoms with E-state index in [4.69, 9.17) is 16.5 Å². The molecule has 2 atom stereocenters. The monoisotopic (exact) mass is 174 g/mol. The fourth-order valence-corrected chi connectivity index (χ4v) is 0.982. The summed E-state index contributed by atoms with van der Waals surface area (Å²) in [6.07, 6.45) is 0. The van der Waals surface area contributed by atoms with E-state index < -0.39 is 13.4 Å². The lowest BCUT2D eigenvalue weighted by atomic mass is 10.9. The van der Waals surface area contributed by atoms with Gasteiger partial charge < -0.3 is 4.89 Å². The molecule has 0 amide bonds. The zero-order chi connectivity index (χ0) is 7.49. The Balaban J connectivity index is 3.73. The third-order valence-corrected chi connectivity index (χ3v) is 1.77. The van der Waals surface area contributed by atoms with E-state index in [1.165, 1.54) is 6.92 Å². The number of phosphoric acid groups is 1. The molecule has 0 aliphatic heterocycles. The minimum Gasteiger partial charge on any atom is -0.302 e. The van der Waals surface area contributed by atoms with Crippen molar-refractivity contribution in [1.29, 1.82) is 0 Å². The molecule has 0 bridgehead atoms. The van der Waals surface area contributed by atoms with Crippen molar-refractivity contribution in [1.82, 2.24) is 0 Å². The van der Waals surface area contributed by atoms with Gasteiger partial charge in [-0.2, -0.15) is 0 Å². The lowest BCUT2D eigenvalue weighted by Crippen LogP contribution is -1.97. The summed E-state index contributed by atoms with van der Waals surface area (Å²) in [4.78, 5) is 8.52. The van der Waals surface area contributed by atoms with Gasteiger partial charge in [0.05, 0.1) is 0 Å². The van der Waals surface area contributed by atoms with Crippen molar-refractivity contribution in [2.45, 2.75) is 12.5 Å². The zero-order valence-electron chi connectivity index (χ0n) is 5.07. The van der Waals surface area contributed by atoms with E-state index in [9.17, 15) is 4.57 Å². The molecule has 6 heteroatoms. The predicted octanol–water partition coefficient (Wildman–Crippen LogP) is 1.33. The minimum atomic E-state index is -3.86. The average molecular weight is 175 g/mol. The lowest BCUT2D eigenvalue weighted by Gasteiger charge is -2.09. The molecule has 1 N–H and O–H groups in total. The summed E-state index contributed by atoms with van der Waals surface area (Å²) in [6.45, 7) is 1.42. The Morgan fingerprint density at radius 2 is 2.22 bits per heavy atom. The molecule has 56 valence electrons. The second kappa shape index (κ2) is 3.54. The average Bonchev–Trinajstić information content (AvgIpc) is 1.63. The summed E-state index contributed by atoms with van der Waals surface area (Å²) in [6, 6.07) is 0. The summed E-state index contributed by atoms with van der Waals surface area (Å²) in [5.41, 5.74) is -0.819. The van der Waals surface area contributed by atoms with Gasteiger partial charge in [-0.15, -0.1) is 0 Å². The van der Waals surface area contributed by atoms with E-state index in [2.05, 4.69) is 9.05 Å². The highest BCUT2D eigenvalue weighted by Gasteiger charge is 2.20. The topological polar surface area (TPSA) is 55.8 Å². The Kier molecular flexibility index (Phi) is 3.70. The van der Waals surface area contributed by atoms with Crippen LogP contribution in [0, 0.1) is 0 Å². The number of halogens is 1. The predicted molar refractivity (Wildman–Crippen MR) is 33.2 cm³/mol. The number of hydrogen-bond donors (Lipinski definition) is 1. The number of phosphoric ester groups is 1. The third-order valence-electron chi connectivity index (χ3n) is 0.509. The fourth-order valence-electron chi connectivity index (χ4n) is 0.227. The van der Waals surface area contributed by atoms with Crippen molar-refractivity contribution < 1.29 is 18.5 Å². The Morgan fingerprint density at radius 1 is 1.78 bits per heavy atom. The quantitative estimate of drug-likeness (QED) is 0.518. The van der Waals surface area contributed by atoms with Crippen molar-refractivity contribution in [2.75, 3.05) is 7.11 Å². The van der Waals surface area contributed by atoms with E-state index >= 15 is 0 Å². The van der Waals surface area contributed by atoms with Gasteiger partial charge >= 0.3 is 7.82 Å². The molecular formula is C3H8ClO4P. The Labute approximate surface area is 58.3 Å². The van der Waals surface area contributed by atoms with Crippen molar-refractivity contribution in [2.24, 2.45) is 0 Å². The van der Waals surface area contributed by atoms with Crippen molar-refractivity contribution in [3.63, 3.8) is 0 Å². The second-order valence-corrected chi connectivity index (χ2v) is 3.43. The van der Waals surface area contributed by atoms with Gasteiger partial charge in [0.2, 0.25) is 0 Å². The van der Waals surface area contributed by atoms with Gasteiger partial charge in [-0.1, -0.05) is 11.6 Å². The number of hydrogen-bond acceptors (Lipinski definition) is 3. The molecule has 0 heterocycles. The van der Waals surface area contributed by atoms with E-state index in [0.29, 0.717) is 0 Å².